The van der Waals surface area contributed by atoms with Crippen LogP contribution in [0.25, 0.3) is 10.6 Å². The van der Waals surface area contributed by atoms with E-state index in [4.69, 9.17) is 9.11 Å². The Morgan fingerprint density at radius 3 is 2.00 bits per heavy atom. The van der Waals surface area contributed by atoms with Crippen molar-refractivity contribution in [2.45, 2.75) is 37.4 Å². The Morgan fingerprint density at radius 1 is 1.12 bits per heavy atom. The molecule has 1 saturated heterocycles. The van der Waals surface area contributed by atoms with E-state index in [1.165, 1.54) is 6.20 Å². The number of allylic oxidation sites excluding steroid dienone is 2. The molecule has 13 heteroatoms. The predicted molar refractivity (Wildman–Crippen MR) is 93.3 cm³/mol. The summed E-state index contributed by atoms with van der Waals surface area (Å²) in [4.78, 5) is 0. The summed E-state index contributed by atoms with van der Waals surface area (Å²) < 4.78 is 59.8. The molecule has 0 radical (unpaired) electrons. The first kappa shape index (κ1) is 29.2. The Bertz CT molecular complexity index is 648. The van der Waals surface area contributed by atoms with Crippen LogP contribution in [0.4, 0.5) is 0 Å². The van der Waals surface area contributed by atoms with Crippen molar-refractivity contribution in [3.05, 3.63) is 34.6 Å². The van der Waals surface area contributed by atoms with Crippen LogP contribution in [0.15, 0.2) is 23.9 Å². The summed E-state index contributed by atoms with van der Waals surface area (Å²) in [6.45, 7) is 3.95. The second-order valence-electron chi connectivity index (χ2n) is 5.20. The molecule has 0 aromatic carbocycles. The zero-order valence-corrected chi connectivity index (χ0v) is 16.4. The van der Waals surface area contributed by atoms with Crippen LogP contribution < -0.4 is 0 Å². The second kappa shape index (κ2) is 12.0. The van der Waals surface area contributed by atoms with Gasteiger partial charge < -0.3 is 21.6 Å². The predicted octanol–water partition coefficient (Wildman–Crippen LogP) is 0.205. The Balaban J connectivity index is -0.000000346. The molecule has 152 valence electrons. The minimum Gasteiger partial charge on any atom is -0.670 e. The van der Waals surface area contributed by atoms with Crippen LogP contribution in [-0.4, -0.2) is 43.2 Å². The van der Waals surface area contributed by atoms with Crippen molar-refractivity contribution in [2.24, 2.45) is 5.92 Å². The van der Waals surface area contributed by atoms with Crippen LogP contribution in [0, 0.1) is 5.92 Å². The van der Waals surface area contributed by atoms with Gasteiger partial charge in [0.15, 0.2) is 0 Å². The van der Waals surface area contributed by atoms with Gasteiger partial charge in [0.05, 0.1) is 0 Å². The van der Waals surface area contributed by atoms with Crippen molar-refractivity contribution in [1.29, 1.82) is 0 Å². The normalized spacial score (nSPS) is 25.4. The van der Waals surface area contributed by atoms with Crippen LogP contribution >= 0.6 is 0 Å². The maximum Gasteiger partial charge on any atom is 2.00 e. The summed E-state index contributed by atoms with van der Waals surface area (Å²) in [6.07, 6.45) is 6.33. The number of rotatable bonds is 2. The third-order valence-electron chi connectivity index (χ3n) is 3.26. The SMILES string of the molecule is CC1=CC=C[N-]C1S(=O)(=O)O.CC1CCC[N-]C1S(=O)(=O)O.[Ni+2].[OH3+].[OH3+]. The van der Waals surface area contributed by atoms with E-state index in [0.717, 1.165) is 12.8 Å². The van der Waals surface area contributed by atoms with E-state index in [0.29, 0.717) is 12.1 Å². The molecule has 1 fully saturated rings. The van der Waals surface area contributed by atoms with Crippen molar-refractivity contribution in [3.8, 4) is 0 Å². The molecule has 3 unspecified atom stereocenters. The molecule has 2 aliphatic heterocycles. The van der Waals surface area contributed by atoms with Crippen molar-refractivity contribution in [1.82, 2.24) is 0 Å². The molecule has 0 aromatic rings. The fourth-order valence-electron chi connectivity index (χ4n) is 2.18. The average Bonchev–Trinajstić information content (AvgIpc) is 2.37. The van der Waals surface area contributed by atoms with Crippen LogP contribution in [0.1, 0.15) is 26.7 Å². The summed E-state index contributed by atoms with van der Waals surface area (Å²) in [5, 5.41) is 5.46. The molecule has 2 aliphatic rings. The van der Waals surface area contributed by atoms with Gasteiger partial charge in [0, 0.05) is 5.37 Å². The quantitative estimate of drug-likeness (QED) is 0.342. The molecule has 0 saturated carbocycles. The third kappa shape index (κ3) is 9.66. The summed E-state index contributed by atoms with van der Waals surface area (Å²) in [5.74, 6) is -0.0428. The smallest absolute Gasteiger partial charge is 0.670 e. The van der Waals surface area contributed by atoms with E-state index < -0.39 is 31.0 Å². The fourth-order valence-corrected chi connectivity index (χ4v) is 3.97. The van der Waals surface area contributed by atoms with Gasteiger partial charge in [-0.05, 0) is 18.2 Å². The van der Waals surface area contributed by atoms with Crippen LogP contribution in [-0.2, 0) is 47.7 Å². The van der Waals surface area contributed by atoms with Gasteiger partial charge in [0.1, 0.15) is 0 Å². The van der Waals surface area contributed by atoms with Crippen molar-refractivity contribution < 1.29 is 53.4 Å². The zero-order valence-electron chi connectivity index (χ0n) is 13.8. The third-order valence-corrected chi connectivity index (χ3v) is 5.54. The standard InChI is InChI=1S/C6H12NO3S.C6H8NO3S.Ni.2H2O/c2*1-5-3-2-4-7-6(5)11(8,9)10;;;/h5-6H,2-4H2,1H3,(H,8,9,10);2-4,6H,1H3,(H,8,9,10);;2*1H2/q2*-1;+2;;/p+2. The van der Waals surface area contributed by atoms with Crippen molar-refractivity contribution in [2.75, 3.05) is 6.54 Å². The molecule has 8 N–H and O–H groups in total. The molecule has 0 spiro atoms. The molecule has 25 heavy (non-hydrogen) atoms. The average molecular weight is 449 g/mol. The fraction of sp³-hybridized carbons (Fsp3) is 0.667. The number of hydrogen-bond donors (Lipinski definition) is 2. The Morgan fingerprint density at radius 2 is 1.68 bits per heavy atom. The Hall–Kier alpha value is -0.526. The first-order valence-corrected chi connectivity index (χ1v) is 9.66. The summed E-state index contributed by atoms with van der Waals surface area (Å²) in [7, 11) is -8.00. The molecule has 0 aromatic heterocycles. The molecule has 0 bridgehead atoms. The number of hydrogen-bond acceptors (Lipinski definition) is 4. The topological polar surface area (TPSA) is 203 Å². The molecule has 0 amide bonds. The largest absolute Gasteiger partial charge is 2.00 e. The number of piperidine rings is 1. The van der Waals surface area contributed by atoms with Gasteiger partial charge in [0.25, 0.3) is 10.1 Å². The summed E-state index contributed by atoms with van der Waals surface area (Å²) in [6, 6.07) is 0. The van der Waals surface area contributed by atoms with Crippen molar-refractivity contribution >= 4 is 20.2 Å². The molecule has 2 rings (SSSR count). The second-order valence-corrected chi connectivity index (χ2v) is 8.19. The van der Waals surface area contributed by atoms with E-state index in [1.54, 1.807) is 26.0 Å². The molecular weight excluding hydrogens is 423 g/mol. The molecule has 2 heterocycles. The molecule has 0 aliphatic carbocycles. The van der Waals surface area contributed by atoms with Gasteiger partial charge in [-0.1, -0.05) is 37.5 Å². The Labute approximate surface area is 158 Å². The van der Waals surface area contributed by atoms with E-state index in [9.17, 15) is 16.8 Å². The molecule has 10 nitrogen and oxygen atoms in total. The van der Waals surface area contributed by atoms with Gasteiger partial charge in [-0.15, -0.1) is 6.54 Å². The van der Waals surface area contributed by atoms with Gasteiger partial charge >= 0.3 is 16.5 Å². The van der Waals surface area contributed by atoms with Crippen LogP contribution in [0.5, 0.6) is 0 Å². The maximum absolute atomic E-state index is 10.7. The Kier molecular flexibility index (Phi) is 14.0. The molecule has 3 atom stereocenters. The van der Waals surface area contributed by atoms with E-state index in [-0.39, 0.29) is 33.4 Å². The monoisotopic (exact) mass is 448 g/mol. The van der Waals surface area contributed by atoms with E-state index in [1.807, 2.05) is 0 Å². The minimum atomic E-state index is -4.06. The first-order chi connectivity index (χ1) is 10.0. The molecular formula is C12H26N2NiO8S2+2. The first-order valence-electron chi connectivity index (χ1n) is 6.66. The van der Waals surface area contributed by atoms with Gasteiger partial charge in [-0.2, -0.15) is 6.20 Å². The van der Waals surface area contributed by atoms with E-state index >= 15 is 0 Å². The summed E-state index contributed by atoms with van der Waals surface area (Å²) >= 11 is 0. The van der Waals surface area contributed by atoms with E-state index in [2.05, 4.69) is 10.6 Å². The van der Waals surface area contributed by atoms with Gasteiger partial charge in [0.2, 0.25) is 10.1 Å². The van der Waals surface area contributed by atoms with Crippen molar-refractivity contribution in [3.63, 3.8) is 0 Å². The number of nitrogens with zero attached hydrogens (tertiary/aromatic N) is 2. The van der Waals surface area contributed by atoms with Gasteiger partial charge in [-0.25, -0.2) is 16.8 Å². The van der Waals surface area contributed by atoms with Gasteiger partial charge in [-0.3, -0.25) is 9.11 Å². The van der Waals surface area contributed by atoms with Crippen LogP contribution in [0.3, 0.4) is 0 Å². The summed E-state index contributed by atoms with van der Waals surface area (Å²) in [5.41, 5.74) is 0.523. The minimum absolute atomic E-state index is 0. The zero-order chi connectivity index (χ0) is 17.0. The maximum atomic E-state index is 10.7. The van der Waals surface area contributed by atoms with Crippen LogP contribution in [0.2, 0.25) is 0 Å².